The quantitative estimate of drug-likeness (QED) is 0.434. The van der Waals surface area contributed by atoms with E-state index in [1.165, 1.54) is 16.3 Å². The van der Waals surface area contributed by atoms with E-state index in [0.29, 0.717) is 23.2 Å². The van der Waals surface area contributed by atoms with Crippen molar-refractivity contribution in [1.82, 2.24) is 9.78 Å². The minimum atomic E-state index is 0.436. The van der Waals surface area contributed by atoms with Crippen molar-refractivity contribution in [3.05, 3.63) is 78.6 Å². The van der Waals surface area contributed by atoms with Crippen LogP contribution in [-0.4, -0.2) is 29.1 Å². The molecule has 4 rings (SSSR count). The van der Waals surface area contributed by atoms with Gasteiger partial charge in [0.05, 0.1) is 38.3 Å². The molecule has 0 aliphatic carbocycles. The third-order valence-corrected chi connectivity index (χ3v) is 4.96. The summed E-state index contributed by atoms with van der Waals surface area (Å²) in [7, 11) is 3.23. The van der Waals surface area contributed by atoms with Crippen molar-refractivity contribution in [3.63, 3.8) is 0 Å². The van der Waals surface area contributed by atoms with E-state index in [9.17, 15) is 0 Å². The van der Waals surface area contributed by atoms with Crippen LogP contribution in [0.4, 0.5) is 11.4 Å². The number of benzene rings is 3. The topological polar surface area (TPSA) is 60.3 Å². The molecule has 0 spiro atoms. The van der Waals surface area contributed by atoms with Gasteiger partial charge in [-0.05, 0) is 40.7 Å². The van der Waals surface area contributed by atoms with E-state index in [2.05, 4.69) is 52.1 Å². The summed E-state index contributed by atoms with van der Waals surface area (Å²) in [6, 6.07) is 20.2. The molecule has 0 aliphatic heterocycles. The van der Waals surface area contributed by atoms with Gasteiger partial charge in [-0.1, -0.05) is 42.5 Å². The molecule has 0 amide bonds. The van der Waals surface area contributed by atoms with Crippen molar-refractivity contribution in [2.75, 3.05) is 24.9 Å². The van der Waals surface area contributed by atoms with E-state index >= 15 is 0 Å². The number of fused-ring (bicyclic) bond motifs is 1. The number of nitrogens with one attached hydrogen (secondary N) is 2. The Balaban J connectivity index is 1.45. The van der Waals surface area contributed by atoms with Gasteiger partial charge in [0.15, 0.2) is 5.11 Å². The third kappa shape index (κ3) is 4.36. The molecule has 0 unspecified atom stereocenters. The van der Waals surface area contributed by atoms with E-state index in [1.807, 2.05) is 35.1 Å². The molecule has 1 aromatic heterocycles. The standard InChI is InChI=1S/C23H22N4O2S/c1-28-19-10-11-22(29-2)21(12-19)26-23(30)25-18-13-24-27(15-18)14-17-8-5-7-16-6-3-4-9-20(16)17/h3-13,15H,14H2,1-2H3,(H2,25,26,30). The molecule has 0 radical (unpaired) electrons. The van der Waals surface area contributed by atoms with Gasteiger partial charge in [0.1, 0.15) is 11.5 Å². The fourth-order valence-electron chi connectivity index (χ4n) is 3.32. The second kappa shape index (κ2) is 8.84. The molecular formula is C23H22N4O2S. The first-order valence-corrected chi connectivity index (χ1v) is 9.86. The summed E-state index contributed by atoms with van der Waals surface area (Å²) >= 11 is 5.45. The highest BCUT2D eigenvalue weighted by molar-refractivity contribution is 7.80. The third-order valence-electron chi connectivity index (χ3n) is 4.76. The summed E-state index contributed by atoms with van der Waals surface area (Å²) in [5, 5.41) is 13.7. The Morgan fingerprint density at radius 2 is 1.83 bits per heavy atom. The average Bonchev–Trinajstić information content (AvgIpc) is 3.20. The first-order valence-electron chi connectivity index (χ1n) is 9.45. The smallest absolute Gasteiger partial charge is 0.175 e. The van der Waals surface area contributed by atoms with E-state index in [0.717, 1.165) is 11.4 Å². The molecule has 6 nitrogen and oxygen atoms in total. The highest BCUT2D eigenvalue weighted by atomic mass is 32.1. The van der Waals surface area contributed by atoms with E-state index < -0.39 is 0 Å². The van der Waals surface area contributed by atoms with Crippen molar-refractivity contribution in [1.29, 1.82) is 0 Å². The van der Waals surface area contributed by atoms with Gasteiger partial charge in [0.25, 0.3) is 0 Å². The number of methoxy groups -OCH3 is 2. The molecule has 0 bridgehead atoms. The number of thiocarbonyl (C=S) groups is 1. The second-order valence-corrected chi connectivity index (χ2v) is 7.12. The van der Waals surface area contributed by atoms with E-state index in [4.69, 9.17) is 21.7 Å². The molecule has 0 fully saturated rings. The van der Waals surface area contributed by atoms with Crippen molar-refractivity contribution in [2.45, 2.75) is 6.54 Å². The Labute approximate surface area is 180 Å². The molecule has 1 heterocycles. The summed E-state index contributed by atoms with van der Waals surface area (Å²) in [4.78, 5) is 0. The monoisotopic (exact) mass is 418 g/mol. The summed E-state index contributed by atoms with van der Waals surface area (Å²) in [6.07, 6.45) is 3.68. The van der Waals surface area contributed by atoms with Crippen LogP contribution >= 0.6 is 12.2 Å². The molecular weight excluding hydrogens is 396 g/mol. The minimum absolute atomic E-state index is 0.436. The normalized spacial score (nSPS) is 10.6. The van der Waals surface area contributed by atoms with Gasteiger partial charge < -0.3 is 20.1 Å². The first kappa shape index (κ1) is 19.7. The maximum Gasteiger partial charge on any atom is 0.175 e. The number of hydrogen-bond donors (Lipinski definition) is 2. The van der Waals surface area contributed by atoms with Crippen LogP contribution in [0.5, 0.6) is 11.5 Å². The van der Waals surface area contributed by atoms with Gasteiger partial charge in [-0.25, -0.2) is 0 Å². The summed E-state index contributed by atoms with van der Waals surface area (Å²) in [6.45, 7) is 0.674. The Morgan fingerprint density at radius 1 is 1.00 bits per heavy atom. The van der Waals surface area contributed by atoms with Gasteiger partial charge in [-0.2, -0.15) is 5.10 Å². The average molecular weight is 419 g/mol. The zero-order chi connectivity index (χ0) is 20.9. The minimum Gasteiger partial charge on any atom is -0.497 e. The molecule has 0 aliphatic rings. The van der Waals surface area contributed by atoms with Gasteiger partial charge in [-0.3, -0.25) is 4.68 Å². The van der Waals surface area contributed by atoms with Gasteiger partial charge in [0, 0.05) is 12.3 Å². The Kier molecular flexibility index (Phi) is 5.81. The van der Waals surface area contributed by atoms with Gasteiger partial charge >= 0.3 is 0 Å². The summed E-state index contributed by atoms with van der Waals surface area (Å²) in [5.74, 6) is 1.38. The lowest BCUT2D eigenvalue weighted by molar-refractivity contribution is 0.405. The predicted octanol–water partition coefficient (Wildman–Crippen LogP) is 4.91. The van der Waals surface area contributed by atoms with E-state index in [-0.39, 0.29) is 0 Å². The van der Waals surface area contributed by atoms with Crippen LogP contribution in [0.1, 0.15) is 5.56 Å². The SMILES string of the molecule is COc1ccc(OC)c(NC(=S)Nc2cnn(Cc3cccc4ccccc34)c2)c1. The van der Waals surface area contributed by atoms with Crippen LogP contribution in [0, 0.1) is 0 Å². The fraction of sp³-hybridized carbons (Fsp3) is 0.130. The van der Waals surface area contributed by atoms with Crippen LogP contribution in [0.3, 0.4) is 0 Å². The highest BCUT2D eigenvalue weighted by Gasteiger charge is 2.09. The Hall–Kier alpha value is -3.58. The van der Waals surface area contributed by atoms with Crippen molar-refractivity contribution < 1.29 is 9.47 Å². The molecule has 30 heavy (non-hydrogen) atoms. The zero-order valence-electron chi connectivity index (χ0n) is 16.8. The zero-order valence-corrected chi connectivity index (χ0v) is 17.6. The molecule has 2 N–H and O–H groups in total. The molecule has 3 aromatic carbocycles. The van der Waals surface area contributed by atoms with Gasteiger partial charge in [0.2, 0.25) is 0 Å². The molecule has 4 aromatic rings. The number of rotatable bonds is 6. The molecule has 0 saturated carbocycles. The number of anilines is 2. The highest BCUT2D eigenvalue weighted by Crippen LogP contribution is 2.29. The van der Waals surface area contributed by atoms with Crippen LogP contribution < -0.4 is 20.1 Å². The fourth-order valence-corrected chi connectivity index (χ4v) is 3.54. The van der Waals surface area contributed by atoms with Crippen molar-refractivity contribution in [3.8, 4) is 11.5 Å². The lowest BCUT2D eigenvalue weighted by Crippen LogP contribution is -2.19. The lowest BCUT2D eigenvalue weighted by Gasteiger charge is -2.13. The lowest BCUT2D eigenvalue weighted by atomic mass is 10.0. The summed E-state index contributed by atoms with van der Waals surface area (Å²) in [5.41, 5.74) is 2.73. The molecule has 0 atom stereocenters. The number of ether oxygens (including phenoxy) is 2. The number of aromatic nitrogens is 2. The summed E-state index contributed by atoms with van der Waals surface area (Å²) < 4.78 is 12.5. The second-order valence-electron chi connectivity index (χ2n) is 6.71. The molecule has 152 valence electrons. The largest absolute Gasteiger partial charge is 0.497 e. The first-order chi connectivity index (χ1) is 14.7. The van der Waals surface area contributed by atoms with E-state index in [1.54, 1.807) is 20.4 Å². The van der Waals surface area contributed by atoms with Crippen molar-refractivity contribution in [2.24, 2.45) is 0 Å². The van der Waals surface area contributed by atoms with Crippen LogP contribution in [-0.2, 0) is 6.54 Å². The molecule has 7 heteroatoms. The number of hydrogen-bond acceptors (Lipinski definition) is 4. The molecule has 0 saturated heterocycles. The number of nitrogens with zero attached hydrogens (tertiary/aromatic N) is 2. The van der Waals surface area contributed by atoms with Crippen LogP contribution in [0.2, 0.25) is 0 Å². The van der Waals surface area contributed by atoms with Gasteiger partial charge in [-0.15, -0.1) is 0 Å². The Bertz CT molecular complexity index is 1180. The Morgan fingerprint density at radius 3 is 2.67 bits per heavy atom. The van der Waals surface area contributed by atoms with Crippen LogP contribution in [0.15, 0.2) is 73.1 Å². The maximum atomic E-state index is 5.45. The van der Waals surface area contributed by atoms with Crippen LogP contribution in [0.25, 0.3) is 10.8 Å². The predicted molar refractivity (Wildman–Crippen MR) is 125 cm³/mol. The maximum absolute atomic E-state index is 5.45. The van der Waals surface area contributed by atoms with Crippen molar-refractivity contribution >= 4 is 39.5 Å².